The van der Waals surface area contributed by atoms with Gasteiger partial charge in [0.2, 0.25) is 6.29 Å². The van der Waals surface area contributed by atoms with Gasteiger partial charge in [0.15, 0.2) is 6.10 Å². The van der Waals surface area contributed by atoms with Crippen LogP contribution in [0.5, 0.6) is 0 Å². The highest BCUT2D eigenvalue weighted by Gasteiger charge is 2.63. The Hall–Kier alpha value is -0.473. The van der Waals surface area contributed by atoms with Crippen molar-refractivity contribution in [2.45, 2.75) is 84.4 Å². The van der Waals surface area contributed by atoms with E-state index in [9.17, 15) is 9.90 Å². The lowest BCUT2D eigenvalue weighted by molar-refractivity contribution is -0.285. The standard InChI is InChI=1S/C18H34O6Si/c1-17(2,3)12-10-13(22-11-21-8-9-25(5,6)7)18(4)14(19)15(20)24-16(18)23-12/h12-14,16,19H,8-11H2,1-7H3. The highest BCUT2D eigenvalue weighted by atomic mass is 28.3. The van der Waals surface area contributed by atoms with E-state index in [-0.39, 0.29) is 24.4 Å². The second kappa shape index (κ2) is 7.27. The van der Waals surface area contributed by atoms with Gasteiger partial charge in [-0.15, -0.1) is 0 Å². The van der Waals surface area contributed by atoms with Gasteiger partial charge in [0.25, 0.3) is 0 Å². The van der Waals surface area contributed by atoms with Crippen LogP contribution in [0.3, 0.4) is 0 Å². The van der Waals surface area contributed by atoms with E-state index >= 15 is 0 Å². The smallest absolute Gasteiger partial charge is 0.338 e. The van der Waals surface area contributed by atoms with E-state index in [1.165, 1.54) is 0 Å². The molecule has 1 N–H and O–H groups in total. The van der Waals surface area contributed by atoms with Crippen molar-refractivity contribution in [1.82, 2.24) is 0 Å². The Kier molecular flexibility index (Phi) is 6.06. The van der Waals surface area contributed by atoms with Gasteiger partial charge in [0.05, 0.1) is 17.6 Å². The van der Waals surface area contributed by atoms with Crippen LogP contribution in [-0.2, 0) is 23.7 Å². The molecule has 0 aliphatic carbocycles. The number of aliphatic hydroxyl groups is 1. The molecule has 2 heterocycles. The second-order valence-electron chi connectivity index (χ2n) is 9.76. The Morgan fingerprint density at radius 1 is 1.32 bits per heavy atom. The van der Waals surface area contributed by atoms with Crippen molar-refractivity contribution >= 4 is 14.0 Å². The van der Waals surface area contributed by atoms with Crippen molar-refractivity contribution in [3.63, 3.8) is 0 Å². The van der Waals surface area contributed by atoms with E-state index in [1.807, 2.05) is 0 Å². The minimum absolute atomic E-state index is 0.123. The maximum absolute atomic E-state index is 11.9. The summed E-state index contributed by atoms with van der Waals surface area (Å²) in [7, 11) is -1.14. The van der Waals surface area contributed by atoms with Crippen molar-refractivity contribution in [2.75, 3.05) is 13.4 Å². The fraction of sp³-hybridized carbons (Fsp3) is 0.944. The Morgan fingerprint density at radius 3 is 2.52 bits per heavy atom. The van der Waals surface area contributed by atoms with Crippen LogP contribution in [0.1, 0.15) is 34.1 Å². The van der Waals surface area contributed by atoms with Crippen LogP contribution in [0.4, 0.5) is 0 Å². The highest BCUT2D eigenvalue weighted by molar-refractivity contribution is 6.76. The van der Waals surface area contributed by atoms with E-state index in [1.54, 1.807) is 6.92 Å². The van der Waals surface area contributed by atoms with Gasteiger partial charge >= 0.3 is 5.97 Å². The van der Waals surface area contributed by atoms with Gasteiger partial charge in [0.1, 0.15) is 6.79 Å². The number of carbonyl (C=O) groups excluding carboxylic acids is 1. The van der Waals surface area contributed by atoms with Gasteiger partial charge in [-0.25, -0.2) is 4.79 Å². The normalized spacial score (nSPS) is 36.2. The van der Waals surface area contributed by atoms with E-state index in [4.69, 9.17) is 18.9 Å². The molecule has 2 saturated heterocycles. The van der Waals surface area contributed by atoms with E-state index < -0.39 is 31.9 Å². The molecule has 0 radical (unpaired) electrons. The van der Waals surface area contributed by atoms with Gasteiger partial charge < -0.3 is 24.1 Å². The lowest BCUT2D eigenvalue weighted by Gasteiger charge is -2.47. The first kappa shape index (κ1) is 20.8. The minimum atomic E-state index is -1.24. The van der Waals surface area contributed by atoms with Gasteiger partial charge in [-0.2, -0.15) is 0 Å². The summed E-state index contributed by atoms with van der Waals surface area (Å²) in [5, 5.41) is 10.4. The predicted octanol–water partition coefficient (Wildman–Crippen LogP) is 2.77. The number of rotatable bonds is 6. The summed E-state index contributed by atoms with van der Waals surface area (Å²) in [5.74, 6) is -0.643. The van der Waals surface area contributed by atoms with Crippen LogP contribution < -0.4 is 0 Å². The largest absolute Gasteiger partial charge is 0.433 e. The van der Waals surface area contributed by atoms with Crippen molar-refractivity contribution in [3.05, 3.63) is 0 Å². The molecule has 0 bridgehead atoms. The van der Waals surface area contributed by atoms with Crippen LogP contribution >= 0.6 is 0 Å². The first-order valence-corrected chi connectivity index (χ1v) is 12.8. The molecule has 0 saturated carbocycles. The maximum atomic E-state index is 11.9. The zero-order valence-corrected chi connectivity index (χ0v) is 17.6. The van der Waals surface area contributed by atoms with Crippen LogP contribution in [-0.4, -0.2) is 57.2 Å². The van der Waals surface area contributed by atoms with Gasteiger partial charge in [-0.05, 0) is 18.4 Å². The molecule has 2 aliphatic heterocycles. The monoisotopic (exact) mass is 374 g/mol. The third-order valence-corrected chi connectivity index (χ3v) is 6.97. The average Bonchev–Trinajstić information content (AvgIpc) is 2.68. The molecule has 5 atom stereocenters. The Bertz CT molecular complexity index is 483. The zero-order chi connectivity index (χ0) is 19.0. The predicted molar refractivity (Wildman–Crippen MR) is 96.8 cm³/mol. The van der Waals surface area contributed by atoms with E-state index in [2.05, 4.69) is 40.4 Å². The van der Waals surface area contributed by atoms with Gasteiger partial charge in [-0.3, -0.25) is 0 Å². The SMILES string of the molecule is CC(C)(C)C1CC(OCOCC[Si](C)(C)C)C2(C)C(OC(=O)C2O)O1. The molecule has 0 spiro atoms. The fourth-order valence-corrected chi connectivity index (χ4v) is 3.96. The molecule has 0 aromatic heterocycles. The average molecular weight is 375 g/mol. The highest BCUT2D eigenvalue weighted by Crippen LogP contribution is 2.49. The molecule has 0 aromatic carbocycles. The van der Waals surface area contributed by atoms with E-state index in [0.717, 1.165) is 6.04 Å². The van der Waals surface area contributed by atoms with Gasteiger partial charge in [0, 0.05) is 21.1 Å². The first-order valence-electron chi connectivity index (χ1n) is 9.09. The number of esters is 1. The number of ether oxygens (including phenoxy) is 4. The summed E-state index contributed by atoms with van der Waals surface area (Å²) in [6.07, 6.45) is -1.95. The quantitative estimate of drug-likeness (QED) is 0.333. The zero-order valence-electron chi connectivity index (χ0n) is 16.6. The third kappa shape index (κ3) is 4.63. The number of hydrogen-bond donors (Lipinski definition) is 1. The minimum Gasteiger partial charge on any atom is -0.433 e. The molecule has 0 aromatic rings. The molecule has 146 valence electrons. The first-order chi connectivity index (χ1) is 11.4. The van der Waals surface area contributed by atoms with Crippen LogP contribution in [0.2, 0.25) is 25.7 Å². The summed E-state index contributed by atoms with van der Waals surface area (Å²) >= 11 is 0. The molecule has 25 heavy (non-hydrogen) atoms. The molecule has 7 heteroatoms. The molecule has 0 amide bonds. The number of aliphatic hydroxyl groups excluding tert-OH is 1. The van der Waals surface area contributed by atoms with Crippen molar-refractivity contribution in [3.8, 4) is 0 Å². The maximum Gasteiger partial charge on any atom is 0.338 e. The summed E-state index contributed by atoms with van der Waals surface area (Å²) < 4.78 is 22.9. The summed E-state index contributed by atoms with van der Waals surface area (Å²) in [6.45, 7) is 15.7. The van der Waals surface area contributed by atoms with Crippen molar-refractivity contribution in [2.24, 2.45) is 10.8 Å². The molecule has 2 fully saturated rings. The molecule has 5 unspecified atom stereocenters. The van der Waals surface area contributed by atoms with Crippen LogP contribution in [0.15, 0.2) is 0 Å². The van der Waals surface area contributed by atoms with Crippen molar-refractivity contribution < 1.29 is 28.8 Å². The summed E-state index contributed by atoms with van der Waals surface area (Å²) in [5.41, 5.74) is -1.04. The van der Waals surface area contributed by atoms with Gasteiger partial charge in [-0.1, -0.05) is 40.4 Å². The van der Waals surface area contributed by atoms with Crippen LogP contribution in [0.25, 0.3) is 0 Å². The second-order valence-corrected chi connectivity index (χ2v) is 15.4. The fourth-order valence-electron chi connectivity index (χ4n) is 3.21. The topological polar surface area (TPSA) is 74.2 Å². The van der Waals surface area contributed by atoms with E-state index in [0.29, 0.717) is 13.0 Å². The van der Waals surface area contributed by atoms with Crippen molar-refractivity contribution in [1.29, 1.82) is 0 Å². The number of hydrogen-bond acceptors (Lipinski definition) is 6. The lowest BCUT2D eigenvalue weighted by Crippen LogP contribution is -2.57. The molecule has 2 rings (SSSR count). The van der Waals surface area contributed by atoms with Crippen LogP contribution in [0, 0.1) is 10.8 Å². The number of fused-ring (bicyclic) bond motifs is 1. The lowest BCUT2D eigenvalue weighted by atomic mass is 9.72. The Morgan fingerprint density at radius 2 is 1.96 bits per heavy atom. The summed E-state index contributed by atoms with van der Waals surface area (Å²) in [6, 6.07) is 1.07. The Labute approximate surface area is 152 Å². The molecule has 2 aliphatic rings. The third-order valence-electron chi connectivity index (χ3n) is 5.27. The molecule has 6 nitrogen and oxygen atoms in total. The number of carbonyl (C=O) groups is 1. The summed E-state index contributed by atoms with van der Waals surface area (Å²) in [4.78, 5) is 11.9. The molecular formula is C18H34O6Si. The Balaban J connectivity index is 2.02. The molecular weight excluding hydrogens is 340 g/mol.